The zero-order valence-corrected chi connectivity index (χ0v) is 18.3. The fraction of sp³-hybridized carbons (Fsp3) is 0.391. The van der Waals surface area contributed by atoms with Crippen LogP contribution in [0.1, 0.15) is 17.5 Å². The molecule has 1 aliphatic heterocycles. The molecule has 7 nitrogen and oxygen atoms in total. The summed E-state index contributed by atoms with van der Waals surface area (Å²) in [6.07, 6.45) is -4.19. The monoisotopic (exact) mass is 464 g/mol. The van der Waals surface area contributed by atoms with Crippen LogP contribution in [-0.2, 0) is 17.5 Å². The SMILES string of the molecule is COc1ccc(NC(=O)NCCC(=O)N2CCN(Cc3cccc(C(F)(F)F)c3)CC2)cc1. The van der Waals surface area contributed by atoms with Crippen LogP contribution in [0.2, 0.25) is 0 Å². The number of hydrogen-bond acceptors (Lipinski definition) is 4. The Bertz CT molecular complexity index is 943. The molecule has 0 atom stereocenters. The fourth-order valence-corrected chi connectivity index (χ4v) is 3.55. The van der Waals surface area contributed by atoms with Crippen molar-refractivity contribution in [1.29, 1.82) is 0 Å². The molecule has 1 aliphatic rings. The lowest BCUT2D eigenvalue weighted by molar-refractivity contribution is -0.137. The van der Waals surface area contributed by atoms with Crippen LogP contribution in [0.4, 0.5) is 23.7 Å². The van der Waals surface area contributed by atoms with Crippen LogP contribution < -0.4 is 15.4 Å². The normalized spacial score (nSPS) is 14.6. The number of anilines is 1. The minimum atomic E-state index is -4.36. The minimum Gasteiger partial charge on any atom is -0.497 e. The molecule has 0 bridgehead atoms. The van der Waals surface area contributed by atoms with E-state index < -0.39 is 17.8 Å². The molecule has 0 saturated carbocycles. The maximum Gasteiger partial charge on any atom is 0.416 e. The number of alkyl halides is 3. The second kappa shape index (κ2) is 11.0. The van der Waals surface area contributed by atoms with Gasteiger partial charge in [0.25, 0.3) is 0 Å². The lowest BCUT2D eigenvalue weighted by Crippen LogP contribution is -2.48. The number of urea groups is 1. The molecule has 1 heterocycles. The third-order valence-corrected chi connectivity index (χ3v) is 5.36. The zero-order valence-electron chi connectivity index (χ0n) is 18.3. The predicted molar refractivity (Wildman–Crippen MR) is 118 cm³/mol. The Labute approximate surface area is 190 Å². The maximum atomic E-state index is 12.9. The van der Waals surface area contributed by atoms with E-state index in [4.69, 9.17) is 4.74 Å². The Hall–Kier alpha value is -3.27. The number of rotatable bonds is 7. The van der Waals surface area contributed by atoms with Crippen molar-refractivity contribution in [3.63, 3.8) is 0 Å². The number of ether oxygens (including phenoxy) is 1. The van der Waals surface area contributed by atoms with E-state index in [0.717, 1.165) is 6.07 Å². The van der Waals surface area contributed by atoms with Crippen LogP contribution in [0.15, 0.2) is 48.5 Å². The van der Waals surface area contributed by atoms with E-state index in [0.29, 0.717) is 49.7 Å². The molecule has 0 aliphatic carbocycles. The summed E-state index contributed by atoms with van der Waals surface area (Å²) < 4.78 is 43.7. The first kappa shape index (κ1) is 24.4. The zero-order chi connectivity index (χ0) is 23.8. The van der Waals surface area contributed by atoms with Gasteiger partial charge in [-0.25, -0.2) is 4.79 Å². The van der Waals surface area contributed by atoms with Crippen molar-refractivity contribution >= 4 is 17.6 Å². The molecular weight excluding hydrogens is 437 g/mol. The van der Waals surface area contributed by atoms with E-state index in [2.05, 4.69) is 10.6 Å². The van der Waals surface area contributed by atoms with E-state index in [1.54, 1.807) is 42.3 Å². The van der Waals surface area contributed by atoms with Crippen LogP contribution in [0, 0.1) is 0 Å². The molecule has 3 rings (SSSR count). The number of nitrogens with one attached hydrogen (secondary N) is 2. The van der Waals surface area contributed by atoms with Gasteiger partial charge >= 0.3 is 12.2 Å². The number of hydrogen-bond donors (Lipinski definition) is 2. The fourth-order valence-electron chi connectivity index (χ4n) is 3.55. The standard InChI is InChI=1S/C23H27F3N4O3/c1-33-20-7-5-19(6-8-20)28-22(32)27-10-9-21(31)30-13-11-29(12-14-30)16-17-3-2-4-18(15-17)23(24,25)26/h2-8,15H,9-14,16H2,1H3,(H2,27,28,32). The molecule has 0 unspecified atom stereocenters. The third kappa shape index (κ3) is 7.38. The lowest BCUT2D eigenvalue weighted by Gasteiger charge is -2.35. The van der Waals surface area contributed by atoms with Gasteiger partial charge in [-0.05, 0) is 35.9 Å². The van der Waals surface area contributed by atoms with E-state index >= 15 is 0 Å². The first-order valence-electron chi connectivity index (χ1n) is 10.6. The van der Waals surface area contributed by atoms with Gasteiger partial charge in [0.2, 0.25) is 5.91 Å². The predicted octanol–water partition coefficient (Wildman–Crippen LogP) is 3.57. The van der Waals surface area contributed by atoms with Gasteiger partial charge in [0, 0.05) is 51.4 Å². The Balaban J connectivity index is 1.36. The summed E-state index contributed by atoms with van der Waals surface area (Å²) in [4.78, 5) is 28.1. The van der Waals surface area contributed by atoms with Gasteiger partial charge in [0.05, 0.1) is 12.7 Å². The van der Waals surface area contributed by atoms with Gasteiger partial charge in [-0.15, -0.1) is 0 Å². The van der Waals surface area contributed by atoms with Crippen molar-refractivity contribution < 1.29 is 27.5 Å². The largest absolute Gasteiger partial charge is 0.497 e. The van der Waals surface area contributed by atoms with Gasteiger partial charge in [-0.1, -0.05) is 18.2 Å². The number of nitrogens with zero attached hydrogens (tertiary/aromatic N) is 2. The molecule has 178 valence electrons. The van der Waals surface area contributed by atoms with E-state index in [1.165, 1.54) is 12.1 Å². The molecule has 33 heavy (non-hydrogen) atoms. The van der Waals surface area contributed by atoms with Gasteiger partial charge in [0.15, 0.2) is 0 Å². The maximum absolute atomic E-state index is 12.9. The topological polar surface area (TPSA) is 73.9 Å². The van der Waals surface area contributed by atoms with Crippen LogP contribution in [0.5, 0.6) is 5.75 Å². The number of amides is 3. The number of carbonyl (C=O) groups excluding carboxylic acids is 2. The van der Waals surface area contributed by atoms with Crippen LogP contribution >= 0.6 is 0 Å². The van der Waals surface area contributed by atoms with Crippen LogP contribution in [-0.4, -0.2) is 61.6 Å². The van der Waals surface area contributed by atoms with E-state index in [-0.39, 0.29) is 18.9 Å². The average molecular weight is 464 g/mol. The highest BCUT2D eigenvalue weighted by atomic mass is 19.4. The number of benzene rings is 2. The molecule has 0 radical (unpaired) electrons. The second-order valence-corrected chi connectivity index (χ2v) is 7.71. The molecule has 3 amide bonds. The highest BCUT2D eigenvalue weighted by molar-refractivity contribution is 5.89. The van der Waals surface area contributed by atoms with E-state index in [9.17, 15) is 22.8 Å². The summed E-state index contributed by atoms with van der Waals surface area (Å²) in [6, 6.07) is 11.8. The molecule has 10 heteroatoms. The summed E-state index contributed by atoms with van der Waals surface area (Å²) in [5.41, 5.74) is 0.547. The van der Waals surface area contributed by atoms with Crippen molar-refractivity contribution in [3.8, 4) is 5.75 Å². The van der Waals surface area contributed by atoms with Crippen molar-refractivity contribution in [2.24, 2.45) is 0 Å². The summed E-state index contributed by atoms with van der Waals surface area (Å²) in [7, 11) is 1.56. The highest BCUT2D eigenvalue weighted by Crippen LogP contribution is 2.29. The number of halogens is 3. The van der Waals surface area contributed by atoms with Crippen molar-refractivity contribution in [2.75, 3.05) is 45.2 Å². The Morgan fingerprint density at radius 1 is 1.03 bits per heavy atom. The third-order valence-electron chi connectivity index (χ3n) is 5.36. The lowest BCUT2D eigenvalue weighted by atomic mass is 10.1. The van der Waals surface area contributed by atoms with Crippen molar-refractivity contribution in [3.05, 3.63) is 59.7 Å². The number of carbonyl (C=O) groups is 2. The molecule has 1 fully saturated rings. The quantitative estimate of drug-likeness (QED) is 0.657. The summed E-state index contributed by atoms with van der Waals surface area (Å²) in [5, 5.41) is 5.34. The first-order valence-corrected chi connectivity index (χ1v) is 10.6. The smallest absolute Gasteiger partial charge is 0.416 e. The van der Waals surface area contributed by atoms with Crippen molar-refractivity contribution in [1.82, 2.24) is 15.1 Å². The Morgan fingerprint density at radius 2 is 1.73 bits per heavy atom. The molecular formula is C23H27F3N4O3. The van der Waals surface area contributed by atoms with Gasteiger partial charge in [-0.2, -0.15) is 13.2 Å². The molecule has 2 aromatic rings. The second-order valence-electron chi connectivity index (χ2n) is 7.71. The molecule has 2 aromatic carbocycles. The Morgan fingerprint density at radius 3 is 2.36 bits per heavy atom. The molecule has 0 aromatic heterocycles. The molecule has 0 spiro atoms. The van der Waals surface area contributed by atoms with E-state index in [1.807, 2.05) is 4.90 Å². The van der Waals surface area contributed by atoms with Gasteiger partial charge < -0.3 is 20.3 Å². The summed E-state index contributed by atoms with van der Waals surface area (Å²) >= 11 is 0. The van der Waals surface area contributed by atoms with Crippen LogP contribution in [0.25, 0.3) is 0 Å². The highest BCUT2D eigenvalue weighted by Gasteiger charge is 2.30. The molecule has 2 N–H and O–H groups in total. The number of methoxy groups -OCH3 is 1. The van der Waals surface area contributed by atoms with Gasteiger partial charge in [0.1, 0.15) is 5.75 Å². The molecule has 1 saturated heterocycles. The van der Waals surface area contributed by atoms with Crippen molar-refractivity contribution in [2.45, 2.75) is 19.1 Å². The Kier molecular flexibility index (Phi) is 8.16. The summed E-state index contributed by atoms with van der Waals surface area (Å²) in [6.45, 7) is 2.75. The summed E-state index contributed by atoms with van der Waals surface area (Å²) in [5.74, 6) is 0.611. The number of piperazine rings is 1. The van der Waals surface area contributed by atoms with Crippen LogP contribution in [0.3, 0.4) is 0 Å². The first-order chi connectivity index (χ1) is 15.7. The minimum absolute atomic E-state index is 0.0709. The average Bonchev–Trinajstić information content (AvgIpc) is 2.79. The van der Waals surface area contributed by atoms with Gasteiger partial charge in [-0.3, -0.25) is 9.69 Å².